The molecule has 0 aliphatic heterocycles. The number of hydrogen-bond acceptors (Lipinski definition) is 0. The van der Waals surface area contributed by atoms with Crippen molar-refractivity contribution in [3.8, 4) is 11.3 Å². The van der Waals surface area contributed by atoms with Gasteiger partial charge in [0.1, 0.15) is 7.05 Å². The number of aromatic nitrogens is 1. The van der Waals surface area contributed by atoms with E-state index in [1.807, 2.05) is 13.8 Å². The van der Waals surface area contributed by atoms with Crippen LogP contribution in [-0.2, 0) is 19.9 Å². The van der Waals surface area contributed by atoms with Crippen LogP contribution in [0.5, 0.6) is 0 Å². The lowest BCUT2D eigenvalue weighted by Gasteiger charge is -2.12. The molecule has 0 aliphatic carbocycles. The van der Waals surface area contributed by atoms with Gasteiger partial charge >= 0.3 is 0 Å². The van der Waals surface area contributed by atoms with E-state index in [-0.39, 0.29) is 0 Å². The number of fused-ring (bicyclic) bond motifs is 1. The number of nitrogens with zero attached hydrogens (tertiary/aromatic N) is 1. The molecule has 24 heavy (non-hydrogen) atoms. The summed E-state index contributed by atoms with van der Waals surface area (Å²) in [5.41, 5.74) is 8.16. The summed E-state index contributed by atoms with van der Waals surface area (Å²) in [6.07, 6.45) is 2.00. The van der Waals surface area contributed by atoms with E-state index in [4.69, 9.17) is 4.11 Å². The van der Waals surface area contributed by atoms with Gasteiger partial charge in [0.15, 0.2) is 0 Å². The Hall–Kier alpha value is -2.15. The van der Waals surface area contributed by atoms with Gasteiger partial charge in [0, 0.05) is 27.2 Å². The summed E-state index contributed by atoms with van der Waals surface area (Å²) in [7, 11) is 2.08. The van der Waals surface area contributed by atoms with Gasteiger partial charge in [0.25, 0.3) is 0 Å². The van der Waals surface area contributed by atoms with Crippen LogP contribution in [0, 0.1) is 20.7 Å². The largest absolute Gasteiger partial charge is 0.213 e. The summed E-state index contributed by atoms with van der Waals surface area (Å²) >= 11 is 0. The highest BCUT2D eigenvalue weighted by Gasteiger charge is 2.18. The van der Waals surface area contributed by atoms with Gasteiger partial charge in [-0.15, -0.1) is 0 Å². The second-order valence-electron chi connectivity index (χ2n) is 6.66. The predicted octanol–water partition coefficient (Wildman–Crippen LogP) is 5.38. The van der Waals surface area contributed by atoms with Crippen LogP contribution in [0.15, 0.2) is 36.4 Å². The Labute approximate surface area is 150 Å². The van der Waals surface area contributed by atoms with Crippen molar-refractivity contribution < 1.29 is 8.68 Å². The Morgan fingerprint density at radius 3 is 2.46 bits per heavy atom. The predicted molar refractivity (Wildman–Crippen MR) is 104 cm³/mol. The zero-order chi connectivity index (χ0) is 19.9. The molecule has 0 radical (unpaired) electrons. The Kier molecular flexibility index (Phi) is 3.51. The van der Waals surface area contributed by atoms with Crippen LogP contribution in [0.4, 0.5) is 0 Å². The first kappa shape index (κ1) is 13.2. The number of aryl methyl sites for hydroxylation is 5. The zero-order valence-corrected chi connectivity index (χ0v) is 15.3. The van der Waals surface area contributed by atoms with Crippen molar-refractivity contribution in [1.82, 2.24) is 0 Å². The van der Waals surface area contributed by atoms with Crippen LogP contribution in [0.25, 0.3) is 22.2 Å². The van der Waals surface area contributed by atoms with Gasteiger partial charge in [-0.2, -0.15) is 4.57 Å². The fourth-order valence-electron chi connectivity index (χ4n) is 3.53. The van der Waals surface area contributed by atoms with E-state index in [1.54, 1.807) is 6.07 Å². The molecule has 1 aromatic heterocycles. The highest BCUT2D eigenvalue weighted by Crippen LogP contribution is 2.28. The topological polar surface area (TPSA) is 3.88 Å². The zero-order valence-electron chi connectivity index (χ0n) is 18.3. The molecule has 0 fully saturated rings. The molecule has 1 heteroatoms. The monoisotopic (exact) mass is 321 g/mol. The maximum atomic E-state index is 7.89. The fraction of sp³-hybridized carbons (Fsp3) is 0.348. The van der Waals surface area contributed by atoms with Crippen molar-refractivity contribution in [2.75, 3.05) is 0 Å². The molecule has 1 heterocycles. The first-order chi connectivity index (χ1) is 12.7. The van der Waals surface area contributed by atoms with Gasteiger partial charge in [-0.3, -0.25) is 0 Å². The van der Waals surface area contributed by atoms with Gasteiger partial charge < -0.3 is 0 Å². The van der Waals surface area contributed by atoms with Gasteiger partial charge in [-0.05, 0) is 67.9 Å². The third kappa shape index (κ3) is 2.73. The third-order valence-electron chi connectivity index (χ3n) is 5.05. The van der Waals surface area contributed by atoms with Gasteiger partial charge in [0.2, 0.25) is 11.2 Å². The minimum Gasteiger partial charge on any atom is -0.194 e. The molecule has 0 N–H and O–H groups in total. The quantitative estimate of drug-likeness (QED) is 0.570. The lowest BCUT2D eigenvalue weighted by Crippen LogP contribution is -2.32. The molecule has 3 aromatic rings. The molecule has 0 spiro atoms. The van der Waals surface area contributed by atoms with E-state index in [0.29, 0.717) is 5.56 Å². The Balaban J connectivity index is 2.33. The summed E-state index contributed by atoms with van der Waals surface area (Å²) < 4.78 is 25.9. The molecule has 1 nitrogen and oxygen atoms in total. The minimum absolute atomic E-state index is 0.439. The smallest absolute Gasteiger partial charge is 0.194 e. The first-order valence-corrected chi connectivity index (χ1v) is 8.74. The van der Waals surface area contributed by atoms with Crippen LogP contribution in [0.2, 0.25) is 0 Å². The average Bonchev–Trinajstić information content (AvgIpc) is 2.62. The van der Waals surface area contributed by atoms with Gasteiger partial charge in [-0.25, -0.2) is 0 Å². The van der Waals surface area contributed by atoms with Crippen molar-refractivity contribution in [3.63, 3.8) is 0 Å². The number of benzene rings is 2. The van der Waals surface area contributed by atoms with Gasteiger partial charge in [-0.1, -0.05) is 31.5 Å². The molecule has 0 saturated carbocycles. The molecule has 3 rings (SSSR count). The molecule has 124 valence electrons. The highest BCUT2D eigenvalue weighted by molar-refractivity contribution is 5.82. The summed E-state index contributed by atoms with van der Waals surface area (Å²) in [4.78, 5) is 0. The molecular weight excluding hydrogens is 290 g/mol. The fourth-order valence-corrected chi connectivity index (χ4v) is 3.53. The second-order valence-corrected chi connectivity index (χ2v) is 6.66. The molecule has 0 unspecified atom stereocenters. The first-order valence-electron chi connectivity index (χ1n) is 10.2. The van der Waals surface area contributed by atoms with Crippen molar-refractivity contribution in [1.29, 1.82) is 0 Å². The molecule has 0 amide bonds. The highest BCUT2D eigenvalue weighted by atomic mass is 14.9. The number of hydrogen-bond donors (Lipinski definition) is 0. The summed E-state index contributed by atoms with van der Waals surface area (Å²) in [6, 6.07) is 12.7. The Morgan fingerprint density at radius 2 is 1.79 bits per heavy atom. The van der Waals surface area contributed by atoms with Crippen LogP contribution in [-0.4, -0.2) is 0 Å². The van der Waals surface area contributed by atoms with Crippen molar-refractivity contribution >= 4 is 10.9 Å². The van der Waals surface area contributed by atoms with E-state index < -0.39 is 6.85 Å². The second kappa shape index (κ2) is 6.39. The van der Waals surface area contributed by atoms with Crippen LogP contribution >= 0.6 is 0 Å². The van der Waals surface area contributed by atoms with E-state index >= 15 is 0 Å². The molecule has 0 saturated heterocycles. The van der Waals surface area contributed by atoms with Crippen LogP contribution in [0.3, 0.4) is 0 Å². The van der Waals surface area contributed by atoms with E-state index in [2.05, 4.69) is 55.8 Å². The average molecular weight is 322 g/mol. The molecule has 0 bridgehead atoms. The Morgan fingerprint density at radius 1 is 1.00 bits per heavy atom. The van der Waals surface area contributed by atoms with E-state index in [1.165, 1.54) is 22.0 Å². The van der Waals surface area contributed by atoms with Crippen LogP contribution in [0.1, 0.15) is 45.8 Å². The van der Waals surface area contributed by atoms with Crippen molar-refractivity contribution in [2.45, 2.75) is 47.4 Å². The molecular formula is C23H28N+. The molecule has 2 aromatic carbocycles. The number of rotatable bonds is 3. The minimum atomic E-state index is -2.11. The molecule has 0 atom stereocenters. The van der Waals surface area contributed by atoms with Gasteiger partial charge in [0.05, 0.1) is 0 Å². The Bertz CT molecular complexity index is 1020. The van der Waals surface area contributed by atoms with E-state index in [9.17, 15) is 0 Å². The summed E-state index contributed by atoms with van der Waals surface area (Å²) in [5, 5.41) is 1.27. The maximum absolute atomic E-state index is 7.89. The SMILES string of the molecule is [2H]C([2H])([2H])c1cc(C)cc(-c2ccc3c(CC)cc(CC)cc3[n+]2C)c1C. The summed E-state index contributed by atoms with van der Waals surface area (Å²) in [6.45, 7) is 6.14. The standard InChI is InChI=1S/C23H28N/c1-7-18-13-19(8-2)20-9-10-22(24(6)23(20)14-18)21-12-15(3)11-16(4)17(21)5/h9-14H,7-8H2,1-6H3/q+1/i4D3. The lowest BCUT2D eigenvalue weighted by molar-refractivity contribution is -0.633. The summed E-state index contributed by atoms with van der Waals surface area (Å²) in [5.74, 6) is 0. The molecule has 0 aliphatic rings. The maximum Gasteiger partial charge on any atom is 0.213 e. The number of pyridine rings is 1. The lowest BCUT2D eigenvalue weighted by atomic mass is 9.95. The van der Waals surface area contributed by atoms with Crippen molar-refractivity contribution in [3.05, 3.63) is 64.2 Å². The van der Waals surface area contributed by atoms with Crippen molar-refractivity contribution in [2.24, 2.45) is 7.05 Å². The van der Waals surface area contributed by atoms with E-state index in [0.717, 1.165) is 35.2 Å². The van der Waals surface area contributed by atoms with Crippen LogP contribution < -0.4 is 4.57 Å². The third-order valence-corrected chi connectivity index (χ3v) is 5.05. The normalized spacial score (nSPS) is 13.6.